The van der Waals surface area contributed by atoms with E-state index in [2.05, 4.69) is 10.6 Å². The van der Waals surface area contributed by atoms with Gasteiger partial charge in [0.25, 0.3) is 5.91 Å². The molecular formula is C20H24N2O4. The van der Waals surface area contributed by atoms with E-state index in [1.165, 1.54) is 0 Å². The highest BCUT2D eigenvalue weighted by atomic mass is 16.5. The summed E-state index contributed by atoms with van der Waals surface area (Å²) in [6.07, 6.45) is 0. The molecule has 2 aromatic carbocycles. The molecule has 0 bridgehead atoms. The minimum absolute atomic E-state index is 0.121. The number of rotatable bonds is 8. The second-order valence-corrected chi connectivity index (χ2v) is 5.62. The average Bonchev–Trinajstić information content (AvgIpc) is 2.63. The van der Waals surface area contributed by atoms with Gasteiger partial charge in [0.2, 0.25) is 5.91 Å². The van der Waals surface area contributed by atoms with Crippen LogP contribution >= 0.6 is 0 Å². The van der Waals surface area contributed by atoms with Crippen molar-refractivity contribution in [2.45, 2.75) is 20.8 Å². The van der Waals surface area contributed by atoms with Crippen molar-refractivity contribution >= 4 is 17.5 Å². The van der Waals surface area contributed by atoms with Crippen LogP contribution in [0.3, 0.4) is 0 Å². The molecule has 0 radical (unpaired) electrons. The van der Waals surface area contributed by atoms with Gasteiger partial charge in [0.05, 0.1) is 19.8 Å². The van der Waals surface area contributed by atoms with E-state index in [9.17, 15) is 9.59 Å². The summed E-state index contributed by atoms with van der Waals surface area (Å²) in [5.74, 6) is 0.445. The number of anilines is 1. The van der Waals surface area contributed by atoms with Gasteiger partial charge in [-0.2, -0.15) is 0 Å². The highest BCUT2D eigenvalue weighted by molar-refractivity contribution is 5.99. The Hall–Kier alpha value is -3.02. The summed E-state index contributed by atoms with van der Waals surface area (Å²) in [5, 5.41) is 5.34. The standard InChI is InChI=1S/C20H24N2O4/c1-4-25-17-11-8-15(12-18(17)26-5-2)20(24)21-13-19(23)22-16-9-6-14(3)7-10-16/h6-12H,4-5,13H2,1-3H3,(H,21,24)(H,22,23). The maximum atomic E-state index is 12.3. The van der Waals surface area contributed by atoms with Gasteiger partial charge in [0, 0.05) is 11.3 Å². The second-order valence-electron chi connectivity index (χ2n) is 5.62. The van der Waals surface area contributed by atoms with E-state index in [0.29, 0.717) is 36.0 Å². The fraction of sp³-hybridized carbons (Fsp3) is 0.300. The molecule has 2 aromatic rings. The van der Waals surface area contributed by atoms with Crippen LogP contribution in [0.2, 0.25) is 0 Å². The summed E-state index contributed by atoms with van der Waals surface area (Å²) in [5.41, 5.74) is 2.20. The minimum Gasteiger partial charge on any atom is -0.490 e. The minimum atomic E-state index is -0.354. The van der Waals surface area contributed by atoms with Gasteiger partial charge in [0.1, 0.15) is 0 Å². The van der Waals surface area contributed by atoms with Crippen LogP contribution in [0.25, 0.3) is 0 Å². The predicted octanol–water partition coefficient (Wildman–Crippen LogP) is 3.16. The number of nitrogens with one attached hydrogen (secondary N) is 2. The molecule has 0 saturated heterocycles. The lowest BCUT2D eigenvalue weighted by atomic mass is 10.2. The van der Waals surface area contributed by atoms with E-state index in [-0.39, 0.29) is 18.4 Å². The molecule has 6 nitrogen and oxygen atoms in total. The fourth-order valence-electron chi connectivity index (χ4n) is 2.30. The van der Waals surface area contributed by atoms with Gasteiger partial charge in [-0.25, -0.2) is 0 Å². The van der Waals surface area contributed by atoms with Crippen LogP contribution in [0, 0.1) is 6.92 Å². The Morgan fingerprint density at radius 3 is 2.23 bits per heavy atom. The summed E-state index contributed by atoms with van der Waals surface area (Å²) < 4.78 is 11.0. The SMILES string of the molecule is CCOc1ccc(C(=O)NCC(=O)Nc2ccc(C)cc2)cc1OCC. The lowest BCUT2D eigenvalue weighted by Gasteiger charge is -2.12. The third kappa shape index (κ3) is 5.51. The van der Waals surface area contributed by atoms with Gasteiger partial charge in [-0.05, 0) is 51.1 Å². The van der Waals surface area contributed by atoms with E-state index in [0.717, 1.165) is 5.56 Å². The van der Waals surface area contributed by atoms with Crippen LogP contribution in [0.4, 0.5) is 5.69 Å². The molecule has 0 aliphatic heterocycles. The Morgan fingerprint density at radius 1 is 0.923 bits per heavy atom. The summed E-state index contributed by atoms with van der Waals surface area (Å²) in [6.45, 7) is 6.55. The van der Waals surface area contributed by atoms with Crippen LogP contribution in [-0.4, -0.2) is 31.6 Å². The molecule has 2 amide bonds. The van der Waals surface area contributed by atoms with Crippen molar-refractivity contribution in [3.05, 3.63) is 53.6 Å². The zero-order chi connectivity index (χ0) is 18.9. The summed E-state index contributed by atoms with van der Waals surface area (Å²) in [7, 11) is 0. The first-order valence-electron chi connectivity index (χ1n) is 8.57. The Morgan fingerprint density at radius 2 is 1.58 bits per heavy atom. The van der Waals surface area contributed by atoms with E-state index in [1.807, 2.05) is 45.0 Å². The predicted molar refractivity (Wildman–Crippen MR) is 101 cm³/mol. The molecule has 0 heterocycles. The van der Waals surface area contributed by atoms with Crippen molar-refractivity contribution in [3.8, 4) is 11.5 Å². The maximum Gasteiger partial charge on any atom is 0.251 e. The van der Waals surface area contributed by atoms with E-state index >= 15 is 0 Å². The Bertz CT molecular complexity index is 757. The largest absolute Gasteiger partial charge is 0.490 e. The number of carbonyl (C=O) groups excluding carboxylic acids is 2. The van der Waals surface area contributed by atoms with Crippen molar-refractivity contribution in [2.24, 2.45) is 0 Å². The molecule has 0 saturated carbocycles. The Kier molecular flexibility index (Phi) is 7.02. The van der Waals surface area contributed by atoms with Gasteiger partial charge in [-0.1, -0.05) is 17.7 Å². The van der Waals surface area contributed by atoms with E-state index in [1.54, 1.807) is 18.2 Å². The van der Waals surface area contributed by atoms with Gasteiger partial charge >= 0.3 is 0 Å². The molecule has 2 rings (SSSR count). The molecule has 0 aliphatic rings. The lowest BCUT2D eigenvalue weighted by Crippen LogP contribution is -2.32. The Labute approximate surface area is 153 Å². The molecule has 26 heavy (non-hydrogen) atoms. The Balaban J connectivity index is 1.95. The molecule has 138 valence electrons. The zero-order valence-corrected chi connectivity index (χ0v) is 15.3. The first-order valence-corrected chi connectivity index (χ1v) is 8.57. The third-order valence-electron chi connectivity index (χ3n) is 3.55. The molecule has 0 fully saturated rings. The fourth-order valence-corrected chi connectivity index (χ4v) is 2.30. The zero-order valence-electron chi connectivity index (χ0n) is 15.3. The normalized spacial score (nSPS) is 10.1. The molecular weight excluding hydrogens is 332 g/mol. The highest BCUT2D eigenvalue weighted by Crippen LogP contribution is 2.28. The summed E-state index contributed by atoms with van der Waals surface area (Å²) in [6, 6.07) is 12.4. The van der Waals surface area contributed by atoms with Crippen LogP contribution in [0.15, 0.2) is 42.5 Å². The van der Waals surface area contributed by atoms with Crippen molar-refractivity contribution in [1.82, 2.24) is 5.32 Å². The number of aryl methyl sites for hydroxylation is 1. The molecule has 0 unspecified atom stereocenters. The third-order valence-corrected chi connectivity index (χ3v) is 3.55. The van der Waals surface area contributed by atoms with Gasteiger partial charge in [0.15, 0.2) is 11.5 Å². The van der Waals surface area contributed by atoms with Crippen LogP contribution < -0.4 is 20.1 Å². The first-order chi connectivity index (χ1) is 12.5. The van der Waals surface area contributed by atoms with Crippen molar-refractivity contribution in [1.29, 1.82) is 0 Å². The van der Waals surface area contributed by atoms with Gasteiger partial charge in [-0.15, -0.1) is 0 Å². The average molecular weight is 356 g/mol. The first kappa shape index (κ1) is 19.3. The summed E-state index contributed by atoms with van der Waals surface area (Å²) >= 11 is 0. The highest BCUT2D eigenvalue weighted by Gasteiger charge is 2.12. The topological polar surface area (TPSA) is 76.7 Å². The quantitative estimate of drug-likeness (QED) is 0.762. The van der Waals surface area contributed by atoms with Gasteiger partial charge in [-0.3, -0.25) is 9.59 Å². The van der Waals surface area contributed by atoms with E-state index < -0.39 is 0 Å². The van der Waals surface area contributed by atoms with Crippen molar-refractivity contribution in [3.63, 3.8) is 0 Å². The summed E-state index contributed by atoms with van der Waals surface area (Å²) in [4.78, 5) is 24.3. The van der Waals surface area contributed by atoms with Crippen molar-refractivity contribution in [2.75, 3.05) is 25.1 Å². The molecule has 0 aromatic heterocycles. The van der Waals surface area contributed by atoms with Crippen molar-refractivity contribution < 1.29 is 19.1 Å². The molecule has 0 aliphatic carbocycles. The van der Waals surface area contributed by atoms with Crippen LogP contribution in [-0.2, 0) is 4.79 Å². The molecule has 0 spiro atoms. The maximum absolute atomic E-state index is 12.3. The van der Waals surface area contributed by atoms with Crippen LogP contribution in [0.5, 0.6) is 11.5 Å². The second kappa shape index (κ2) is 9.46. The monoisotopic (exact) mass is 356 g/mol. The number of benzene rings is 2. The lowest BCUT2D eigenvalue weighted by molar-refractivity contribution is -0.115. The number of amides is 2. The van der Waals surface area contributed by atoms with E-state index in [4.69, 9.17) is 9.47 Å². The number of carbonyl (C=O) groups is 2. The molecule has 6 heteroatoms. The molecule has 2 N–H and O–H groups in total. The number of hydrogen-bond donors (Lipinski definition) is 2. The van der Waals surface area contributed by atoms with Gasteiger partial charge < -0.3 is 20.1 Å². The number of hydrogen-bond acceptors (Lipinski definition) is 4. The smallest absolute Gasteiger partial charge is 0.251 e. The van der Waals surface area contributed by atoms with Crippen LogP contribution in [0.1, 0.15) is 29.8 Å². The molecule has 0 atom stereocenters. The number of ether oxygens (including phenoxy) is 2.